The summed E-state index contributed by atoms with van der Waals surface area (Å²) in [5.41, 5.74) is 0. The quantitative estimate of drug-likeness (QED) is 0.646. The SMILES string of the molecule is COC(=O)CCCN(C)C(=O)N[C@@H](C)C(=O)O. The highest BCUT2D eigenvalue weighted by molar-refractivity contribution is 5.82. The lowest BCUT2D eigenvalue weighted by atomic mass is 10.3. The van der Waals surface area contributed by atoms with E-state index in [-0.39, 0.29) is 12.4 Å². The maximum atomic E-state index is 11.4. The number of carbonyl (C=O) groups excluding carboxylic acids is 2. The number of ether oxygens (including phenoxy) is 1. The molecule has 0 radical (unpaired) electrons. The largest absolute Gasteiger partial charge is 0.480 e. The standard InChI is InChI=1S/C10H18N2O5/c1-7(9(14)15)11-10(16)12(2)6-4-5-8(13)17-3/h7H,4-6H2,1-3H3,(H,11,16)(H,14,15)/t7-/m0/s1. The zero-order valence-electron chi connectivity index (χ0n) is 10.2. The van der Waals surface area contributed by atoms with Gasteiger partial charge in [-0.15, -0.1) is 0 Å². The molecular weight excluding hydrogens is 228 g/mol. The van der Waals surface area contributed by atoms with Gasteiger partial charge in [0.1, 0.15) is 6.04 Å². The van der Waals surface area contributed by atoms with E-state index >= 15 is 0 Å². The highest BCUT2D eigenvalue weighted by atomic mass is 16.5. The maximum absolute atomic E-state index is 11.4. The molecule has 2 amide bonds. The zero-order valence-corrected chi connectivity index (χ0v) is 10.2. The lowest BCUT2D eigenvalue weighted by molar-refractivity contribution is -0.141. The molecule has 0 aromatic heterocycles. The van der Waals surface area contributed by atoms with Crippen LogP contribution in [0.1, 0.15) is 19.8 Å². The van der Waals surface area contributed by atoms with Crippen molar-refractivity contribution in [3.63, 3.8) is 0 Å². The van der Waals surface area contributed by atoms with Crippen molar-refractivity contribution < 1.29 is 24.2 Å². The average Bonchev–Trinajstić information content (AvgIpc) is 2.28. The average molecular weight is 246 g/mol. The van der Waals surface area contributed by atoms with E-state index < -0.39 is 18.0 Å². The summed E-state index contributed by atoms with van der Waals surface area (Å²) >= 11 is 0. The van der Waals surface area contributed by atoms with E-state index in [1.165, 1.54) is 26.0 Å². The predicted octanol–water partition coefficient (Wildman–Crippen LogP) is 0.0541. The molecule has 0 fully saturated rings. The summed E-state index contributed by atoms with van der Waals surface area (Å²) in [4.78, 5) is 34.1. The van der Waals surface area contributed by atoms with Crippen LogP contribution in [0.2, 0.25) is 0 Å². The first-order valence-electron chi connectivity index (χ1n) is 5.19. The van der Waals surface area contributed by atoms with Crippen LogP contribution < -0.4 is 5.32 Å². The summed E-state index contributed by atoms with van der Waals surface area (Å²) in [6.45, 7) is 1.73. The van der Waals surface area contributed by atoms with Crippen LogP contribution >= 0.6 is 0 Å². The molecule has 0 heterocycles. The van der Waals surface area contributed by atoms with Gasteiger partial charge in [0.2, 0.25) is 0 Å². The Kier molecular flexibility index (Phi) is 6.69. The molecule has 7 heteroatoms. The summed E-state index contributed by atoms with van der Waals surface area (Å²) < 4.78 is 4.45. The maximum Gasteiger partial charge on any atom is 0.325 e. The van der Waals surface area contributed by atoms with E-state index in [4.69, 9.17) is 5.11 Å². The van der Waals surface area contributed by atoms with Crippen LogP contribution in [0.25, 0.3) is 0 Å². The molecular formula is C10H18N2O5. The Hall–Kier alpha value is -1.79. The number of urea groups is 1. The minimum atomic E-state index is -1.10. The van der Waals surface area contributed by atoms with Gasteiger partial charge < -0.3 is 20.1 Å². The van der Waals surface area contributed by atoms with Crippen LogP contribution in [0.3, 0.4) is 0 Å². The molecule has 0 aromatic rings. The fourth-order valence-corrected chi connectivity index (χ4v) is 1.02. The van der Waals surface area contributed by atoms with Gasteiger partial charge in [0, 0.05) is 20.0 Å². The summed E-state index contributed by atoms with van der Waals surface area (Å²) in [5.74, 6) is -1.43. The molecule has 98 valence electrons. The Balaban J connectivity index is 3.90. The van der Waals surface area contributed by atoms with Crippen molar-refractivity contribution in [1.82, 2.24) is 10.2 Å². The highest BCUT2D eigenvalue weighted by Crippen LogP contribution is 1.96. The number of carboxylic acids is 1. The second kappa shape index (κ2) is 7.48. The molecule has 0 aliphatic heterocycles. The Morgan fingerprint density at radius 2 is 2.00 bits per heavy atom. The lowest BCUT2D eigenvalue weighted by Gasteiger charge is -2.19. The van der Waals surface area contributed by atoms with Crippen molar-refractivity contribution in [3.8, 4) is 0 Å². The van der Waals surface area contributed by atoms with Gasteiger partial charge in [-0.05, 0) is 13.3 Å². The van der Waals surface area contributed by atoms with Gasteiger partial charge in [0.15, 0.2) is 0 Å². The number of hydrogen-bond donors (Lipinski definition) is 2. The smallest absolute Gasteiger partial charge is 0.325 e. The van der Waals surface area contributed by atoms with Crippen molar-refractivity contribution >= 4 is 18.0 Å². The molecule has 0 bridgehead atoms. The van der Waals surface area contributed by atoms with Crippen molar-refractivity contribution in [2.24, 2.45) is 0 Å². The van der Waals surface area contributed by atoms with Crippen LogP contribution in [-0.4, -0.2) is 54.7 Å². The Bertz CT molecular complexity index is 292. The van der Waals surface area contributed by atoms with Crippen LogP contribution in [-0.2, 0) is 14.3 Å². The number of nitrogens with one attached hydrogen (secondary N) is 1. The number of hydrogen-bond acceptors (Lipinski definition) is 4. The summed E-state index contributed by atoms with van der Waals surface area (Å²) in [6, 6.07) is -1.42. The molecule has 0 saturated carbocycles. The monoisotopic (exact) mass is 246 g/mol. The van der Waals surface area contributed by atoms with Gasteiger partial charge in [-0.2, -0.15) is 0 Å². The van der Waals surface area contributed by atoms with Crippen molar-refractivity contribution in [3.05, 3.63) is 0 Å². The molecule has 2 N–H and O–H groups in total. The van der Waals surface area contributed by atoms with E-state index in [9.17, 15) is 14.4 Å². The second-order valence-electron chi connectivity index (χ2n) is 3.61. The molecule has 0 unspecified atom stereocenters. The Morgan fingerprint density at radius 3 is 2.47 bits per heavy atom. The summed E-state index contributed by atoms with van der Waals surface area (Å²) in [7, 11) is 2.83. The molecule has 7 nitrogen and oxygen atoms in total. The number of methoxy groups -OCH3 is 1. The van der Waals surface area contributed by atoms with E-state index in [0.717, 1.165) is 0 Å². The first-order valence-corrected chi connectivity index (χ1v) is 5.19. The Morgan fingerprint density at radius 1 is 1.41 bits per heavy atom. The first-order chi connectivity index (χ1) is 7.88. The van der Waals surface area contributed by atoms with Crippen LogP contribution in [0.5, 0.6) is 0 Å². The van der Waals surface area contributed by atoms with Crippen LogP contribution in [0, 0.1) is 0 Å². The third-order valence-corrected chi connectivity index (χ3v) is 2.16. The molecule has 1 atom stereocenters. The Labute approximate surface area is 99.7 Å². The number of esters is 1. The molecule has 0 aliphatic carbocycles. The third kappa shape index (κ3) is 6.39. The fraction of sp³-hybridized carbons (Fsp3) is 0.700. The van der Waals surface area contributed by atoms with E-state index in [1.54, 1.807) is 0 Å². The first kappa shape index (κ1) is 15.2. The summed E-state index contributed by atoms with van der Waals surface area (Å²) in [6.07, 6.45) is 0.695. The van der Waals surface area contributed by atoms with Gasteiger partial charge in [0.25, 0.3) is 0 Å². The van der Waals surface area contributed by atoms with Crippen molar-refractivity contribution in [2.75, 3.05) is 20.7 Å². The normalized spacial score (nSPS) is 11.5. The third-order valence-electron chi connectivity index (χ3n) is 2.16. The lowest BCUT2D eigenvalue weighted by Crippen LogP contribution is -2.45. The van der Waals surface area contributed by atoms with Crippen LogP contribution in [0.4, 0.5) is 4.79 Å². The molecule has 0 aromatic carbocycles. The van der Waals surface area contributed by atoms with E-state index in [1.807, 2.05) is 0 Å². The predicted molar refractivity (Wildman–Crippen MR) is 59.5 cm³/mol. The summed E-state index contributed by atoms with van der Waals surface area (Å²) in [5, 5.41) is 10.9. The number of amides is 2. The van der Waals surface area contributed by atoms with Crippen molar-refractivity contribution in [2.45, 2.75) is 25.8 Å². The van der Waals surface area contributed by atoms with Gasteiger partial charge in [-0.1, -0.05) is 0 Å². The molecule has 0 rings (SSSR count). The molecule has 0 saturated heterocycles. The minimum absolute atomic E-state index is 0.225. The topological polar surface area (TPSA) is 95.9 Å². The van der Waals surface area contributed by atoms with Gasteiger partial charge in [-0.25, -0.2) is 4.79 Å². The second-order valence-corrected chi connectivity index (χ2v) is 3.61. The number of aliphatic carboxylic acids is 1. The minimum Gasteiger partial charge on any atom is -0.480 e. The van der Waals surface area contributed by atoms with Gasteiger partial charge in [-0.3, -0.25) is 9.59 Å². The number of carboxylic acid groups (broad SMARTS) is 1. The number of carbonyl (C=O) groups is 3. The van der Waals surface area contributed by atoms with E-state index in [0.29, 0.717) is 13.0 Å². The molecule has 0 spiro atoms. The van der Waals surface area contributed by atoms with Gasteiger partial charge >= 0.3 is 18.0 Å². The number of nitrogens with zero attached hydrogens (tertiary/aromatic N) is 1. The fourth-order valence-electron chi connectivity index (χ4n) is 1.02. The van der Waals surface area contributed by atoms with Crippen molar-refractivity contribution in [1.29, 1.82) is 0 Å². The molecule has 0 aliphatic rings. The number of rotatable bonds is 6. The van der Waals surface area contributed by atoms with Crippen LogP contribution in [0.15, 0.2) is 0 Å². The van der Waals surface area contributed by atoms with Gasteiger partial charge in [0.05, 0.1) is 7.11 Å². The molecule has 17 heavy (non-hydrogen) atoms. The zero-order chi connectivity index (χ0) is 13.4. The van der Waals surface area contributed by atoms with E-state index in [2.05, 4.69) is 10.1 Å². The highest BCUT2D eigenvalue weighted by Gasteiger charge is 2.16.